The highest BCUT2D eigenvalue weighted by Gasteiger charge is 2.26. The van der Waals surface area contributed by atoms with Crippen LogP contribution >= 0.6 is 0 Å². The van der Waals surface area contributed by atoms with E-state index in [9.17, 15) is 5.11 Å². The van der Waals surface area contributed by atoms with Gasteiger partial charge in [0.05, 0.1) is 5.60 Å². The molecule has 1 saturated heterocycles. The number of aromatic nitrogens is 2. The van der Waals surface area contributed by atoms with Crippen LogP contribution < -0.4 is 10.2 Å². The van der Waals surface area contributed by atoms with Gasteiger partial charge in [0.15, 0.2) is 5.82 Å². The van der Waals surface area contributed by atoms with Crippen molar-refractivity contribution in [2.75, 3.05) is 24.5 Å². The summed E-state index contributed by atoms with van der Waals surface area (Å²) < 4.78 is 0. The zero-order valence-corrected chi connectivity index (χ0v) is 14.4. The van der Waals surface area contributed by atoms with E-state index in [4.69, 9.17) is 0 Å². The van der Waals surface area contributed by atoms with Crippen LogP contribution in [0.1, 0.15) is 30.9 Å². The maximum atomic E-state index is 10.8. The lowest BCUT2D eigenvalue weighted by Crippen LogP contribution is -2.49. The second-order valence-electron chi connectivity index (χ2n) is 6.89. The molecule has 128 valence electrons. The van der Waals surface area contributed by atoms with Gasteiger partial charge in [0.25, 0.3) is 0 Å². The summed E-state index contributed by atoms with van der Waals surface area (Å²) in [5.74, 6) is 0.925. The number of rotatable bonds is 5. The van der Waals surface area contributed by atoms with Crippen molar-refractivity contribution in [2.24, 2.45) is 0 Å². The van der Waals surface area contributed by atoms with E-state index in [0.29, 0.717) is 12.6 Å². The summed E-state index contributed by atoms with van der Waals surface area (Å²) in [4.78, 5) is 2.26. The highest BCUT2D eigenvalue weighted by Crippen LogP contribution is 2.22. The number of hydrogen-bond acceptors (Lipinski definition) is 5. The Bertz CT molecular complexity index is 642. The quantitative estimate of drug-likeness (QED) is 0.882. The van der Waals surface area contributed by atoms with Crippen molar-refractivity contribution < 1.29 is 5.11 Å². The van der Waals surface area contributed by atoms with Gasteiger partial charge in [-0.25, -0.2) is 0 Å². The first-order valence-corrected chi connectivity index (χ1v) is 8.60. The molecular weight excluding hydrogens is 300 g/mol. The van der Waals surface area contributed by atoms with Gasteiger partial charge >= 0.3 is 0 Å². The molecule has 0 bridgehead atoms. The Morgan fingerprint density at radius 2 is 2.08 bits per heavy atom. The Morgan fingerprint density at radius 3 is 2.79 bits per heavy atom. The SMILES string of the molecule is Cc1ccc([C@](C)(O)CN[C@H]2CCCN(c3cccnn3)C2)cc1. The molecule has 5 heteroatoms. The number of nitrogens with zero attached hydrogens (tertiary/aromatic N) is 3. The minimum Gasteiger partial charge on any atom is -0.384 e. The van der Waals surface area contributed by atoms with Crippen molar-refractivity contribution in [3.8, 4) is 0 Å². The number of aliphatic hydroxyl groups is 1. The van der Waals surface area contributed by atoms with E-state index in [2.05, 4.69) is 27.3 Å². The Hall–Kier alpha value is -1.98. The molecule has 2 atom stereocenters. The van der Waals surface area contributed by atoms with Crippen molar-refractivity contribution in [3.05, 3.63) is 53.7 Å². The van der Waals surface area contributed by atoms with E-state index in [1.54, 1.807) is 6.20 Å². The number of piperidine rings is 1. The summed E-state index contributed by atoms with van der Waals surface area (Å²) in [6.07, 6.45) is 3.92. The fourth-order valence-corrected chi connectivity index (χ4v) is 3.17. The second-order valence-corrected chi connectivity index (χ2v) is 6.89. The van der Waals surface area contributed by atoms with Crippen LogP contribution in [-0.2, 0) is 5.60 Å². The number of benzene rings is 1. The highest BCUT2D eigenvalue weighted by molar-refractivity contribution is 5.37. The summed E-state index contributed by atoms with van der Waals surface area (Å²) in [6.45, 7) is 6.36. The minimum atomic E-state index is -0.872. The largest absolute Gasteiger partial charge is 0.384 e. The summed E-state index contributed by atoms with van der Waals surface area (Å²) >= 11 is 0. The Balaban J connectivity index is 1.58. The number of hydrogen-bond donors (Lipinski definition) is 2. The van der Waals surface area contributed by atoms with Gasteiger partial charge in [0, 0.05) is 31.9 Å². The fourth-order valence-electron chi connectivity index (χ4n) is 3.17. The maximum absolute atomic E-state index is 10.8. The second kappa shape index (κ2) is 7.28. The molecule has 2 heterocycles. The Labute approximate surface area is 143 Å². The lowest BCUT2D eigenvalue weighted by molar-refractivity contribution is 0.0532. The molecule has 0 aliphatic carbocycles. The van der Waals surface area contributed by atoms with Gasteiger partial charge in [0.2, 0.25) is 0 Å². The first-order chi connectivity index (χ1) is 11.5. The van der Waals surface area contributed by atoms with Crippen molar-refractivity contribution in [3.63, 3.8) is 0 Å². The molecule has 1 fully saturated rings. The number of nitrogens with one attached hydrogen (secondary N) is 1. The van der Waals surface area contributed by atoms with Crippen LogP contribution in [0.3, 0.4) is 0 Å². The lowest BCUT2D eigenvalue weighted by Gasteiger charge is -2.35. The molecule has 24 heavy (non-hydrogen) atoms. The average Bonchev–Trinajstić information content (AvgIpc) is 2.61. The molecule has 1 aliphatic rings. The third kappa shape index (κ3) is 4.10. The topological polar surface area (TPSA) is 61.3 Å². The molecule has 2 aromatic rings. The predicted octanol–water partition coefficient (Wildman–Crippen LogP) is 2.25. The number of anilines is 1. The highest BCUT2D eigenvalue weighted by atomic mass is 16.3. The van der Waals surface area contributed by atoms with E-state index in [0.717, 1.165) is 37.3 Å². The van der Waals surface area contributed by atoms with E-state index in [1.165, 1.54) is 5.56 Å². The van der Waals surface area contributed by atoms with Crippen LogP contribution in [0, 0.1) is 6.92 Å². The van der Waals surface area contributed by atoms with E-state index in [1.807, 2.05) is 43.3 Å². The van der Waals surface area contributed by atoms with Gasteiger partial charge in [-0.3, -0.25) is 0 Å². The molecule has 3 rings (SSSR count). The van der Waals surface area contributed by atoms with Gasteiger partial charge < -0.3 is 15.3 Å². The van der Waals surface area contributed by atoms with Gasteiger partial charge in [-0.15, -0.1) is 5.10 Å². The summed E-state index contributed by atoms with van der Waals surface area (Å²) in [5, 5.41) is 22.5. The minimum absolute atomic E-state index is 0.345. The lowest BCUT2D eigenvalue weighted by atomic mass is 9.94. The third-order valence-electron chi connectivity index (χ3n) is 4.71. The van der Waals surface area contributed by atoms with Crippen LogP contribution in [0.2, 0.25) is 0 Å². The fraction of sp³-hybridized carbons (Fsp3) is 0.474. The summed E-state index contributed by atoms with van der Waals surface area (Å²) in [6, 6.07) is 12.4. The molecule has 1 aromatic heterocycles. The smallest absolute Gasteiger partial charge is 0.151 e. The van der Waals surface area contributed by atoms with Gasteiger partial charge in [-0.05, 0) is 44.4 Å². The van der Waals surface area contributed by atoms with E-state index in [-0.39, 0.29) is 0 Å². The van der Waals surface area contributed by atoms with Crippen molar-refractivity contribution in [2.45, 2.75) is 38.3 Å². The molecule has 0 amide bonds. The normalized spacial score (nSPS) is 20.6. The molecule has 0 unspecified atom stereocenters. The standard InChI is InChI=1S/C19H26N4O/c1-15-7-9-16(10-8-15)19(2,24)14-20-17-5-4-12-23(13-17)18-6-3-11-21-22-18/h3,6-11,17,20,24H,4-5,12-14H2,1-2H3/t17-,19+/m0/s1. The van der Waals surface area contributed by atoms with Gasteiger partial charge in [-0.1, -0.05) is 29.8 Å². The first-order valence-electron chi connectivity index (χ1n) is 8.60. The maximum Gasteiger partial charge on any atom is 0.151 e. The monoisotopic (exact) mass is 326 g/mol. The number of aryl methyl sites for hydroxylation is 1. The zero-order valence-electron chi connectivity index (χ0n) is 14.4. The predicted molar refractivity (Wildman–Crippen MR) is 96.0 cm³/mol. The van der Waals surface area contributed by atoms with Gasteiger partial charge in [-0.2, -0.15) is 5.10 Å². The molecule has 2 N–H and O–H groups in total. The van der Waals surface area contributed by atoms with Crippen LogP contribution in [0.4, 0.5) is 5.82 Å². The van der Waals surface area contributed by atoms with Crippen molar-refractivity contribution >= 4 is 5.82 Å². The van der Waals surface area contributed by atoms with Crippen LogP contribution in [0.15, 0.2) is 42.6 Å². The van der Waals surface area contributed by atoms with Crippen molar-refractivity contribution in [1.29, 1.82) is 0 Å². The molecular formula is C19H26N4O. The van der Waals surface area contributed by atoms with Crippen LogP contribution in [-0.4, -0.2) is 41.0 Å². The van der Waals surface area contributed by atoms with Crippen molar-refractivity contribution in [1.82, 2.24) is 15.5 Å². The Kier molecular flexibility index (Phi) is 5.11. The molecule has 0 spiro atoms. The molecule has 5 nitrogen and oxygen atoms in total. The average molecular weight is 326 g/mol. The van der Waals surface area contributed by atoms with E-state index < -0.39 is 5.60 Å². The van der Waals surface area contributed by atoms with E-state index >= 15 is 0 Å². The third-order valence-corrected chi connectivity index (χ3v) is 4.71. The molecule has 0 saturated carbocycles. The molecule has 1 aliphatic heterocycles. The first kappa shape index (κ1) is 16.9. The molecule has 1 aromatic carbocycles. The summed E-state index contributed by atoms with van der Waals surface area (Å²) in [5.41, 5.74) is 1.28. The van der Waals surface area contributed by atoms with Gasteiger partial charge in [0.1, 0.15) is 0 Å². The van der Waals surface area contributed by atoms with Crippen LogP contribution in [0.25, 0.3) is 0 Å². The molecule has 0 radical (unpaired) electrons. The zero-order chi connectivity index (χ0) is 17.0. The van der Waals surface area contributed by atoms with Crippen LogP contribution in [0.5, 0.6) is 0 Å². The Morgan fingerprint density at radius 1 is 1.29 bits per heavy atom. The summed E-state index contributed by atoms with van der Waals surface area (Å²) in [7, 11) is 0.